The van der Waals surface area contributed by atoms with Gasteiger partial charge in [-0.3, -0.25) is 4.90 Å². The maximum atomic E-state index is 13.6. The second-order valence-corrected chi connectivity index (χ2v) is 8.41. The van der Waals surface area contributed by atoms with Crippen LogP contribution in [0.2, 0.25) is 0 Å². The van der Waals surface area contributed by atoms with E-state index in [4.69, 9.17) is 4.74 Å². The van der Waals surface area contributed by atoms with Crippen molar-refractivity contribution in [3.05, 3.63) is 72.8 Å². The van der Waals surface area contributed by atoms with Gasteiger partial charge in [-0.25, -0.2) is 4.79 Å². The molecule has 5 rings (SSSR count). The van der Waals surface area contributed by atoms with Crippen LogP contribution >= 0.6 is 11.8 Å². The largest absolute Gasteiger partial charge is 0.497 e. The van der Waals surface area contributed by atoms with Crippen molar-refractivity contribution in [2.24, 2.45) is 0 Å². The molecule has 0 spiro atoms. The second kappa shape index (κ2) is 7.95. The predicted molar refractivity (Wildman–Crippen MR) is 121 cm³/mol. The number of hydrogen-bond donors (Lipinski definition) is 0. The molecule has 0 unspecified atom stereocenters. The molecule has 1 fully saturated rings. The first-order valence-corrected chi connectivity index (χ1v) is 10.9. The van der Waals surface area contributed by atoms with Crippen molar-refractivity contribution in [1.29, 1.82) is 0 Å². The molecule has 3 aromatic rings. The summed E-state index contributed by atoms with van der Waals surface area (Å²) in [6.45, 7) is 3.01. The van der Waals surface area contributed by atoms with E-state index in [2.05, 4.69) is 29.2 Å². The summed E-state index contributed by atoms with van der Waals surface area (Å²) in [5.41, 5.74) is 3.08. The molecule has 0 N–H and O–H groups in total. The van der Waals surface area contributed by atoms with Crippen LogP contribution in [0.5, 0.6) is 5.75 Å². The molecular formula is C24H23N3O2S. The lowest BCUT2D eigenvalue weighted by molar-refractivity contribution is 0.203. The monoisotopic (exact) mass is 417 g/mol. The lowest BCUT2D eigenvalue weighted by Gasteiger charge is -2.40. The maximum absolute atomic E-state index is 13.6. The van der Waals surface area contributed by atoms with Crippen molar-refractivity contribution in [2.75, 3.05) is 43.1 Å². The average Bonchev–Trinajstić information content (AvgIpc) is 2.82. The normalized spacial score (nSPS) is 15.4. The molecule has 30 heavy (non-hydrogen) atoms. The number of amides is 2. The van der Waals surface area contributed by atoms with E-state index < -0.39 is 0 Å². The number of anilines is 3. The van der Waals surface area contributed by atoms with Crippen LogP contribution in [0.15, 0.2) is 82.6 Å². The van der Waals surface area contributed by atoms with E-state index in [1.807, 2.05) is 58.3 Å². The van der Waals surface area contributed by atoms with Crippen molar-refractivity contribution in [3.63, 3.8) is 0 Å². The maximum Gasteiger partial charge on any atom is 0.329 e. The Morgan fingerprint density at radius 3 is 1.93 bits per heavy atom. The summed E-state index contributed by atoms with van der Waals surface area (Å²) in [7, 11) is 1.68. The zero-order valence-corrected chi connectivity index (χ0v) is 17.6. The lowest BCUT2D eigenvalue weighted by Crippen LogP contribution is -2.52. The zero-order chi connectivity index (χ0) is 20.5. The number of nitrogens with zero attached hydrogens (tertiary/aromatic N) is 3. The van der Waals surface area contributed by atoms with Crippen molar-refractivity contribution in [2.45, 2.75) is 9.79 Å². The Bertz CT molecular complexity index is 1020. The molecule has 152 valence electrons. The number of para-hydroxylation sites is 2. The molecule has 2 amide bonds. The summed E-state index contributed by atoms with van der Waals surface area (Å²) < 4.78 is 5.25. The van der Waals surface area contributed by atoms with E-state index in [9.17, 15) is 4.79 Å². The molecule has 1 saturated heterocycles. The van der Waals surface area contributed by atoms with Crippen molar-refractivity contribution < 1.29 is 9.53 Å². The standard InChI is InChI=1S/C24H23N3O2S/c1-29-19-12-10-18(11-13-19)25-14-16-26(17-15-25)24(28)27-20-6-2-4-8-22(20)30-23-9-5-3-7-21(23)27/h2-13H,14-17H2,1H3. The van der Waals surface area contributed by atoms with Crippen LogP contribution in [0.25, 0.3) is 0 Å². The summed E-state index contributed by atoms with van der Waals surface area (Å²) in [6.07, 6.45) is 0. The number of fused-ring (bicyclic) bond motifs is 2. The van der Waals surface area contributed by atoms with Gasteiger partial charge < -0.3 is 14.5 Å². The first kappa shape index (κ1) is 18.9. The third-order valence-corrected chi connectivity index (χ3v) is 6.74. The first-order chi connectivity index (χ1) is 14.7. The van der Waals surface area contributed by atoms with Crippen LogP contribution in [0.4, 0.5) is 21.9 Å². The SMILES string of the molecule is COc1ccc(N2CCN(C(=O)N3c4ccccc4Sc4ccccc43)CC2)cc1. The highest BCUT2D eigenvalue weighted by Gasteiger charge is 2.32. The highest BCUT2D eigenvalue weighted by Crippen LogP contribution is 2.48. The minimum Gasteiger partial charge on any atom is -0.497 e. The summed E-state index contributed by atoms with van der Waals surface area (Å²) >= 11 is 1.72. The molecule has 0 radical (unpaired) electrons. The number of urea groups is 1. The molecule has 0 saturated carbocycles. The minimum absolute atomic E-state index is 0.0459. The van der Waals surface area contributed by atoms with E-state index in [0.717, 1.165) is 45.7 Å². The van der Waals surface area contributed by atoms with Gasteiger partial charge in [-0.05, 0) is 48.5 Å². The number of piperazine rings is 1. The first-order valence-electron chi connectivity index (χ1n) is 10.1. The Labute approximate surface area is 180 Å². The topological polar surface area (TPSA) is 36.0 Å². The Hall–Kier alpha value is -3.12. The van der Waals surface area contributed by atoms with Gasteiger partial charge in [0.05, 0.1) is 18.5 Å². The minimum atomic E-state index is 0.0459. The van der Waals surface area contributed by atoms with Gasteiger partial charge in [-0.15, -0.1) is 0 Å². The van der Waals surface area contributed by atoms with Crippen molar-refractivity contribution in [1.82, 2.24) is 4.90 Å². The Balaban J connectivity index is 1.36. The number of hydrogen-bond acceptors (Lipinski definition) is 4. The quantitative estimate of drug-likeness (QED) is 0.571. The number of benzene rings is 3. The van der Waals surface area contributed by atoms with E-state index >= 15 is 0 Å². The van der Waals surface area contributed by atoms with Gasteiger partial charge in [0.1, 0.15) is 5.75 Å². The van der Waals surface area contributed by atoms with E-state index in [1.165, 1.54) is 0 Å². The molecule has 5 nitrogen and oxygen atoms in total. The predicted octanol–water partition coefficient (Wildman–Crippen LogP) is 5.24. The Morgan fingerprint density at radius 2 is 1.37 bits per heavy atom. The fourth-order valence-electron chi connectivity index (χ4n) is 4.00. The molecule has 0 bridgehead atoms. The van der Waals surface area contributed by atoms with Crippen molar-refractivity contribution in [3.8, 4) is 5.75 Å². The van der Waals surface area contributed by atoms with E-state index in [0.29, 0.717) is 13.1 Å². The van der Waals surface area contributed by atoms with E-state index in [-0.39, 0.29) is 6.03 Å². The van der Waals surface area contributed by atoms with Crippen LogP contribution < -0.4 is 14.5 Å². The fraction of sp³-hybridized carbons (Fsp3) is 0.208. The van der Waals surface area contributed by atoms with Gasteiger partial charge in [0.15, 0.2) is 0 Å². The second-order valence-electron chi connectivity index (χ2n) is 7.33. The van der Waals surface area contributed by atoms with Crippen LogP contribution in [0.3, 0.4) is 0 Å². The molecule has 0 atom stereocenters. The summed E-state index contributed by atoms with van der Waals surface area (Å²) in [4.78, 5) is 22.0. The van der Waals surface area contributed by atoms with Gasteiger partial charge in [0, 0.05) is 41.7 Å². The van der Waals surface area contributed by atoms with Gasteiger partial charge in [-0.1, -0.05) is 36.0 Å². The summed E-state index contributed by atoms with van der Waals surface area (Å²) in [5, 5.41) is 0. The third kappa shape index (κ3) is 3.37. The molecule has 0 aliphatic carbocycles. The molecule has 3 aromatic carbocycles. The lowest BCUT2D eigenvalue weighted by atomic mass is 10.2. The van der Waals surface area contributed by atoms with Crippen LogP contribution in [-0.2, 0) is 0 Å². The fourth-order valence-corrected chi connectivity index (χ4v) is 5.06. The van der Waals surface area contributed by atoms with Gasteiger partial charge in [0.2, 0.25) is 0 Å². The number of methoxy groups -OCH3 is 1. The molecule has 2 aliphatic rings. The molecule has 2 heterocycles. The number of carbonyl (C=O) groups is 1. The number of rotatable bonds is 2. The molecular weight excluding hydrogens is 394 g/mol. The van der Waals surface area contributed by atoms with Crippen LogP contribution in [-0.4, -0.2) is 44.2 Å². The van der Waals surface area contributed by atoms with Gasteiger partial charge in [-0.2, -0.15) is 0 Å². The van der Waals surface area contributed by atoms with Gasteiger partial charge >= 0.3 is 6.03 Å². The molecule has 0 aromatic heterocycles. The van der Waals surface area contributed by atoms with Gasteiger partial charge in [0.25, 0.3) is 0 Å². The Morgan fingerprint density at radius 1 is 0.800 bits per heavy atom. The third-order valence-electron chi connectivity index (χ3n) is 5.61. The van der Waals surface area contributed by atoms with Crippen LogP contribution in [0, 0.1) is 0 Å². The van der Waals surface area contributed by atoms with Crippen molar-refractivity contribution >= 4 is 34.9 Å². The highest BCUT2D eigenvalue weighted by molar-refractivity contribution is 7.99. The molecule has 2 aliphatic heterocycles. The zero-order valence-electron chi connectivity index (χ0n) is 16.8. The highest BCUT2D eigenvalue weighted by atomic mass is 32.2. The average molecular weight is 418 g/mol. The van der Waals surface area contributed by atoms with Crippen LogP contribution in [0.1, 0.15) is 0 Å². The summed E-state index contributed by atoms with van der Waals surface area (Å²) in [5.74, 6) is 0.855. The number of ether oxygens (including phenoxy) is 1. The molecule has 6 heteroatoms. The van der Waals surface area contributed by atoms with E-state index in [1.54, 1.807) is 18.9 Å². The smallest absolute Gasteiger partial charge is 0.329 e. The number of carbonyl (C=O) groups excluding carboxylic acids is 1. The Kier molecular flexibility index (Phi) is 5.01. The summed E-state index contributed by atoms with van der Waals surface area (Å²) in [6, 6.07) is 24.4.